The van der Waals surface area contributed by atoms with Crippen molar-refractivity contribution in [1.29, 1.82) is 0 Å². The molecule has 4 heteroatoms. The second-order valence-corrected chi connectivity index (χ2v) is 5.18. The summed E-state index contributed by atoms with van der Waals surface area (Å²) < 4.78 is 17.1. The first kappa shape index (κ1) is 15.8. The van der Waals surface area contributed by atoms with Crippen LogP contribution in [0.15, 0.2) is 18.2 Å². The largest absolute Gasteiger partial charge is 0.490 e. The van der Waals surface area contributed by atoms with Crippen molar-refractivity contribution in [2.24, 2.45) is 0 Å². The Labute approximate surface area is 126 Å². The molecule has 0 aliphatic carbocycles. The number of carbonyl (C=O) groups excluding carboxylic acids is 1. The van der Waals surface area contributed by atoms with Crippen LogP contribution in [0.5, 0.6) is 11.5 Å². The molecule has 0 aromatic heterocycles. The van der Waals surface area contributed by atoms with Gasteiger partial charge in [0.25, 0.3) is 0 Å². The van der Waals surface area contributed by atoms with Crippen LogP contribution < -0.4 is 9.47 Å². The van der Waals surface area contributed by atoms with E-state index in [0.29, 0.717) is 49.7 Å². The smallest absolute Gasteiger partial charge is 0.194 e. The summed E-state index contributed by atoms with van der Waals surface area (Å²) >= 11 is 0. The quantitative estimate of drug-likeness (QED) is 0.751. The highest BCUT2D eigenvalue weighted by atomic mass is 16.5. The van der Waals surface area contributed by atoms with Gasteiger partial charge in [-0.25, -0.2) is 0 Å². The number of fused-ring (bicyclic) bond motifs is 1. The number of carbonyl (C=O) groups is 1. The number of hydrogen-bond acceptors (Lipinski definition) is 4. The van der Waals surface area contributed by atoms with Gasteiger partial charge in [0.15, 0.2) is 17.3 Å². The van der Waals surface area contributed by atoms with Crippen LogP contribution in [0.2, 0.25) is 0 Å². The molecule has 1 aromatic carbocycles. The van der Waals surface area contributed by atoms with Crippen LogP contribution in [0.3, 0.4) is 0 Å². The number of hydrogen-bond donors (Lipinski definition) is 0. The zero-order valence-electron chi connectivity index (χ0n) is 13.1. The third kappa shape index (κ3) is 3.21. The van der Waals surface area contributed by atoms with Gasteiger partial charge in [-0.1, -0.05) is 13.8 Å². The summed E-state index contributed by atoms with van der Waals surface area (Å²) in [5, 5.41) is 0. The lowest BCUT2D eigenvalue weighted by molar-refractivity contribution is -0.0250. The summed E-state index contributed by atoms with van der Waals surface area (Å²) in [5.41, 5.74) is -0.120. The van der Waals surface area contributed by atoms with Gasteiger partial charge in [0.05, 0.1) is 13.2 Å². The van der Waals surface area contributed by atoms with Crippen molar-refractivity contribution in [3.63, 3.8) is 0 Å². The average molecular weight is 292 g/mol. The van der Waals surface area contributed by atoms with Gasteiger partial charge in [0, 0.05) is 18.6 Å². The Morgan fingerprint density at radius 1 is 1.14 bits per heavy atom. The highest BCUT2D eigenvalue weighted by Crippen LogP contribution is 2.33. The van der Waals surface area contributed by atoms with Crippen molar-refractivity contribution in [2.45, 2.75) is 45.6 Å². The van der Waals surface area contributed by atoms with E-state index in [4.69, 9.17) is 14.2 Å². The van der Waals surface area contributed by atoms with Crippen molar-refractivity contribution >= 4 is 5.78 Å². The van der Waals surface area contributed by atoms with Crippen LogP contribution in [-0.4, -0.2) is 31.2 Å². The van der Waals surface area contributed by atoms with Crippen LogP contribution in [0.1, 0.15) is 50.4 Å². The maximum absolute atomic E-state index is 12.9. The summed E-state index contributed by atoms with van der Waals surface area (Å²) in [6, 6.07) is 5.40. The van der Waals surface area contributed by atoms with Gasteiger partial charge in [-0.2, -0.15) is 0 Å². The van der Waals surface area contributed by atoms with Crippen molar-refractivity contribution in [3.8, 4) is 11.5 Å². The molecule has 0 amide bonds. The van der Waals surface area contributed by atoms with E-state index in [9.17, 15) is 4.79 Å². The summed E-state index contributed by atoms with van der Waals surface area (Å²) in [6.45, 7) is 7.68. The fourth-order valence-electron chi connectivity index (χ4n) is 2.68. The molecule has 1 aromatic rings. The Morgan fingerprint density at radius 3 is 2.43 bits per heavy atom. The SMILES string of the molecule is CCOC(CC)(CC)C(=O)c1ccc2c(c1)OCCCO2. The van der Waals surface area contributed by atoms with E-state index in [1.807, 2.05) is 26.8 Å². The molecule has 0 saturated heterocycles. The predicted octanol–water partition coefficient (Wildman–Crippen LogP) is 3.63. The Hall–Kier alpha value is -1.55. The molecule has 0 N–H and O–H groups in total. The van der Waals surface area contributed by atoms with E-state index < -0.39 is 5.60 Å². The molecule has 0 fully saturated rings. The number of ketones is 1. The maximum Gasteiger partial charge on any atom is 0.194 e. The van der Waals surface area contributed by atoms with Crippen molar-refractivity contribution < 1.29 is 19.0 Å². The molecule has 0 radical (unpaired) electrons. The molecule has 0 spiro atoms. The van der Waals surface area contributed by atoms with Gasteiger partial charge < -0.3 is 14.2 Å². The summed E-state index contributed by atoms with van der Waals surface area (Å²) in [4.78, 5) is 12.9. The number of ether oxygens (including phenoxy) is 3. The van der Waals surface area contributed by atoms with Crippen LogP contribution in [0, 0.1) is 0 Å². The molecule has 116 valence electrons. The minimum Gasteiger partial charge on any atom is -0.490 e. The fraction of sp³-hybridized carbons (Fsp3) is 0.588. The molecule has 0 atom stereocenters. The molecular formula is C17H24O4. The maximum atomic E-state index is 12.9. The van der Waals surface area contributed by atoms with Crippen LogP contribution >= 0.6 is 0 Å². The summed E-state index contributed by atoms with van der Waals surface area (Å²) in [5.74, 6) is 1.38. The number of Topliss-reactive ketones (excluding diaryl/α,β-unsaturated/α-hetero) is 1. The normalized spacial score (nSPS) is 14.6. The molecule has 0 saturated carbocycles. The van der Waals surface area contributed by atoms with Gasteiger partial charge in [0.1, 0.15) is 5.60 Å². The molecule has 1 aliphatic heterocycles. The van der Waals surface area contributed by atoms with Gasteiger partial charge in [0.2, 0.25) is 0 Å². The molecular weight excluding hydrogens is 268 g/mol. The highest BCUT2D eigenvalue weighted by Gasteiger charge is 2.36. The van der Waals surface area contributed by atoms with Gasteiger partial charge in [-0.15, -0.1) is 0 Å². The fourth-order valence-corrected chi connectivity index (χ4v) is 2.68. The summed E-state index contributed by atoms with van der Waals surface area (Å²) in [7, 11) is 0. The Bertz CT molecular complexity index is 492. The van der Waals surface area contributed by atoms with Gasteiger partial charge in [-0.3, -0.25) is 4.79 Å². The first-order valence-electron chi connectivity index (χ1n) is 7.75. The Balaban J connectivity index is 2.32. The van der Waals surface area contributed by atoms with Crippen LogP contribution in [0.4, 0.5) is 0 Å². The topological polar surface area (TPSA) is 44.8 Å². The molecule has 1 aliphatic rings. The van der Waals surface area contributed by atoms with E-state index in [2.05, 4.69) is 0 Å². The van der Waals surface area contributed by atoms with Gasteiger partial charge >= 0.3 is 0 Å². The predicted molar refractivity (Wildman–Crippen MR) is 81.3 cm³/mol. The van der Waals surface area contributed by atoms with E-state index >= 15 is 0 Å². The van der Waals surface area contributed by atoms with Crippen LogP contribution in [-0.2, 0) is 4.74 Å². The number of benzene rings is 1. The first-order chi connectivity index (χ1) is 10.2. The van der Waals surface area contributed by atoms with E-state index in [1.54, 1.807) is 12.1 Å². The Morgan fingerprint density at radius 2 is 1.81 bits per heavy atom. The van der Waals surface area contributed by atoms with Crippen molar-refractivity contribution in [1.82, 2.24) is 0 Å². The Kier molecular flexibility index (Phi) is 5.23. The monoisotopic (exact) mass is 292 g/mol. The number of rotatable bonds is 6. The molecule has 0 unspecified atom stereocenters. The lowest BCUT2D eigenvalue weighted by atomic mass is 9.87. The standard InChI is InChI=1S/C17H24O4/c1-4-17(5-2,21-6-3)16(18)13-8-9-14-15(12-13)20-11-7-10-19-14/h8-9,12H,4-7,10-11H2,1-3H3. The van der Waals surface area contributed by atoms with Crippen molar-refractivity contribution in [3.05, 3.63) is 23.8 Å². The van der Waals surface area contributed by atoms with Crippen molar-refractivity contribution in [2.75, 3.05) is 19.8 Å². The zero-order valence-corrected chi connectivity index (χ0v) is 13.1. The minimum absolute atomic E-state index is 0.0185. The lowest BCUT2D eigenvalue weighted by Gasteiger charge is -2.30. The summed E-state index contributed by atoms with van der Waals surface area (Å²) in [6.07, 6.45) is 2.17. The minimum atomic E-state index is -0.741. The van der Waals surface area contributed by atoms with E-state index in [0.717, 1.165) is 6.42 Å². The average Bonchev–Trinajstić information content (AvgIpc) is 2.76. The van der Waals surface area contributed by atoms with E-state index in [-0.39, 0.29) is 5.78 Å². The van der Waals surface area contributed by atoms with Crippen LogP contribution in [0.25, 0.3) is 0 Å². The zero-order chi connectivity index (χ0) is 15.3. The molecule has 1 heterocycles. The molecule has 21 heavy (non-hydrogen) atoms. The lowest BCUT2D eigenvalue weighted by Crippen LogP contribution is -2.40. The second-order valence-electron chi connectivity index (χ2n) is 5.18. The molecule has 4 nitrogen and oxygen atoms in total. The second kappa shape index (κ2) is 6.94. The molecule has 2 rings (SSSR count). The third-order valence-electron chi connectivity index (χ3n) is 3.99. The molecule has 0 bridgehead atoms. The van der Waals surface area contributed by atoms with Gasteiger partial charge in [-0.05, 0) is 38.0 Å². The highest BCUT2D eigenvalue weighted by molar-refractivity contribution is 6.03. The first-order valence-corrected chi connectivity index (χ1v) is 7.75. The van der Waals surface area contributed by atoms with E-state index in [1.165, 1.54) is 0 Å². The third-order valence-corrected chi connectivity index (χ3v) is 3.99.